The van der Waals surface area contributed by atoms with Crippen molar-refractivity contribution in [2.45, 2.75) is 13.8 Å². The molecule has 0 aliphatic rings. The molecule has 2 heterocycles. The van der Waals surface area contributed by atoms with Crippen molar-refractivity contribution >= 4 is 22.8 Å². The first-order valence-electron chi connectivity index (χ1n) is 6.49. The third-order valence-corrected chi connectivity index (χ3v) is 2.92. The molecule has 3 aromatic rings. The second kappa shape index (κ2) is 5.24. The molecule has 6 heteroatoms. The Morgan fingerprint density at radius 3 is 2.52 bits per heavy atom. The summed E-state index contributed by atoms with van der Waals surface area (Å²) in [5.41, 5.74) is 7.53. The van der Waals surface area contributed by atoms with Gasteiger partial charge in [0, 0.05) is 16.8 Å². The number of rotatable bonds is 3. The molecule has 0 radical (unpaired) electrons. The Morgan fingerprint density at radius 1 is 1.10 bits per heavy atom. The van der Waals surface area contributed by atoms with Gasteiger partial charge >= 0.3 is 5.91 Å². The van der Waals surface area contributed by atoms with Gasteiger partial charge in [-0.2, -0.15) is 0 Å². The summed E-state index contributed by atoms with van der Waals surface area (Å²) in [6, 6.07) is 11.0. The van der Waals surface area contributed by atoms with Gasteiger partial charge in [0.1, 0.15) is 5.58 Å². The second-order valence-corrected chi connectivity index (χ2v) is 4.70. The molecule has 0 aliphatic heterocycles. The van der Waals surface area contributed by atoms with Crippen LogP contribution in [0.25, 0.3) is 11.0 Å². The van der Waals surface area contributed by atoms with Crippen molar-refractivity contribution in [1.29, 1.82) is 0 Å². The van der Waals surface area contributed by atoms with E-state index in [9.17, 15) is 4.79 Å². The minimum atomic E-state index is -0.381. The first-order chi connectivity index (χ1) is 10.1. The number of carbonyl (C=O) groups is 1. The number of hydrogen-bond donors (Lipinski definition) is 2. The van der Waals surface area contributed by atoms with Gasteiger partial charge in [0.15, 0.2) is 5.76 Å². The average Bonchev–Trinajstić information content (AvgIpc) is 2.87. The van der Waals surface area contributed by atoms with E-state index in [-0.39, 0.29) is 11.7 Å². The van der Waals surface area contributed by atoms with E-state index in [4.69, 9.17) is 4.42 Å². The fourth-order valence-electron chi connectivity index (χ4n) is 2.05. The molecule has 0 atom stereocenters. The maximum absolute atomic E-state index is 12.0. The van der Waals surface area contributed by atoms with Crippen molar-refractivity contribution in [3.05, 3.63) is 53.5 Å². The monoisotopic (exact) mass is 282 g/mol. The number of amides is 1. The highest BCUT2D eigenvalue weighted by Crippen LogP contribution is 2.18. The van der Waals surface area contributed by atoms with E-state index in [1.807, 2.05) is 44.2 Å². The van der Waals surface area contributed by atoms with Crippen molar-refractivity contribution in [2.24, 2.45) is 0 Å². The highest BCUT2D eigenvalue weighted by molar-refractivity contribution is 5.96. The number of aromatic nitrogens is 2. The Bertz CT molecular complexity index is 757. The second-order valence-electron chi connectivity index (χ2n) is 4.70. The van der Waals surface area contributed by atoms with Crippen LogP contribution in [0.3, 0.4) is 0 Å². The molecule has 3 rings (SSSR count). The Labute approximate surface area is 121 Å². The lowest BCUT2D eigenvalue weighted by Gasteiger charge is -2.06. The molecular formula is C15H14N4O2. The van der Waals surface area contributed by atoms with Crippen LogP contribution in [-0.4, -0.2) is 15.9 Å². The molecule has 2 N–H and O–H groups in total. The zero-order valence-corrected chi connectivity index (χ0v) is 11.7. The summed E-state index contributed by atoms with van der Waals surface area (Å²) in [7, 11) is 0. The van der Waals surface area contributed by atoms with Gasteiger partial charge in [0.05, 0.1) is 0 Å². The van der Waals surface area contributed by atoms with Gasteiger partial charge in [-0.15, -0.1) is 0 Å². The highest BCUT2D eigenvalue weighted by Gasteiger charge is 2.12. The Balaban J connectivity index is 1.74. The van der Waals surface area contributed by atoms with Crippen LogP contribution in [0.15, 0.2) is 40.8 Å². The molecule has 0 aliphatic carbocycles. The predicted molar refractivity (Wildman–Crippen MR) is 78.8 cm³/mol. The minimum absolute atomic E-state index is 0.230. The largest absolute Gasteiger partial charge is 0.451 e. The van der Waals surface area contributed by atoms with Crippen LogP contribution in [-0.2, 0) is 0 Å². The maximum Gasteiger partial charge on any atom is 0.305 e. The summed E-state index contributed by atoms with van der Waals surface area (Å²) in [5, 5.41) is 0.880. The van der Waals surface area contributed by atoms with Gasteiger partial charge in [-0.1, -0.05) is 18.2 Å². The molecule has 2 aromatic heterocycles. The summed E-state index contributed by atoms with van der Waals surface area (Å²) >= 11 is 0. The number of nitrogens with one attached hydrogen (secondary N) is 2. The number of anilines is 1. The maximum atomic E-state index is 12.0. The molecule has 1 aromatic carbocycles. The summed E-state index contributed by atoms with van der Waals surface area (Å²) in [5.74, 6) is 0.194. The molecule has 0 spiro atoms. The quantitative estimate of drug-likeness (QED) is 0.722. The zero-order chi connectivity index (χ0) is 14.8. The third-order valence-electron chi connectivity index (χ3n) is 2.92. The van der Waals surface area contributed by atoms with Crippen molar-refractivity contribution in [3.8, 4) is 0 Å². The molecule has 0 fully saturated rings. The zero-order valence-electron chi connectivity index (χ0n) is 11.7. The number of aryl methyl sites for hydroxylation is 2. The highest BCUT2D eigenvalue weighted by atomic mass is 16.3. The lowest BCUT2D eigenvalue weighted by molar-refractivity contribution is 0.0937. The Hall–Kier alpha value is -2.89. The SMILES string of the molecule is Cc1cc(C)nc(NNC(=O)c2cc3ccccc3o2)n1. The Kier molecular flexibility index (Phi) is 3.27. The van der Waals surface area contributed by atoms with Crippen LogP contribution in [0.1, 0.15) is 21.9 Å². The lowest BCUT2D eigenvalue weighted by atomic mass is 10.2. The number of para-hydroxylation sites is 1. The summed E-state index contributed by atoms with van der Waals surface area (Å²) in [6.07, 6.45) is 0. The van der Waals surface area contributed by atoms with Crippen LogP contribution in [0, 0.1) is 13.8 Å². The first kappa shape index (κ1) is 13.1. The van der Waals surface area contributed by atoms with Crippen LogP contribution >= 0.6 is 0 Å². The number of fused-ring (bicyclic) bond motifs is 1. The topological polar surface area (TPSA) is 80.0 Å². The van der Waals surface area contributed by atoms with Crippen molar-refractivity contribution in [3.63, 3.8) is 0 Å². The number of nitrogens with zero attached hydrogens (tertiary/aromatic N) is 2. The van der Waals surface area contributed by atoms with E-state index in [1.165, 1.54) is 0 Å². The van der Waals surface area contributed by atoms with Crippen LogP contribution in [0.4, 0.5) is 5.95 Å². The van der Waals surface area contributed by atoms with Gasteiger partial charge in [-0.3, -0.25) is 15.6 Å². The lowest BCUT2D eigenvalue weighted by Crippen LogP contribution is -2.30. The van der Waals surface area contributed by atoms with Crippen LogP contribution in [0.5, 0.6) is 0 Å². The van der Waals surface area contributed by atoms with Crippen LogP contribution < -0.4 is 10.9 Å². The van der Waals surface area contributed by atoms with E-state index in [0.717, 1.165) is 16.8 Å². The van der Waals surface area contributed by atoms with Crippen molar-refractivity contribution in [2.75, 3.05) is 5.43 Å². The fraction of sp³-hybridized carbons (Fsp3) is 0.133. The number of hydrogen-bond acceptors (Lipinski definition) is 5. The molecule has 0 bridgehead atoms. The van der Waals surface area contributed by atoms with E-state index >= 15 is 0 Å². The van der Waals surface area contributed by atoms with Gasteiger partial charge in [-0.05, 0) is 32.0 Å². The molecular weight excluding hydrogens is 268 g/mol. The van der Waals surface area contributed by atoms with E-state index in [2.05, 4.69) is 20.8 Å². The van der Waals surface area contributed by atoms with Crippen LogP contribution in [0.2, 0.25) is 0 Å². The van der Waals surface area contributed by atoms with Crippen molar-refractivity contribution < 1.29 is 9.21 Å². The van der Waals surface area contributed by atoms with E-state index in [1.54, 1.807) is 6.07 Å². The van der Waals surface area contributed by atoms with Gasteiger partial charge in [-0.25, -0.2) is 9.97 Å². The smallest absolute Gasteiger partial charge is 0.305 e. The number of hydrazine groups is 1. The van der Waals surface area contributed by atoms with Gasteiger partial charge < -0.3 is 4.42 Å². The summed E-state index contributed by atoms with van der Waals surface area (Å²) < 4.78 is 5.47. The predicted octanol–water partition coefficient (Wildman–Crippen LogP) is 2.60. The average molecular weight is 282 g/mol. The molecule has 0 unspecified atom stereocenters. The number of benzene rings is 1. The number of furan rings is 1. The Morgan fingerprint density at radius 2 is 1.81 bits per heavy atom. The van der Waals surface area contributed by atoms with E-state index < -0.39 is 0 Å². The molecule has 1 amide bonds. The first-order valence-corrected chi connectivity index (χ1v) is 6.49. The standard InChI is InChI=1S/C15H14N4O2/c1-9-7-10(2)17-15(16-9)19-18-14(20)13-8-11-5-3-4-6-12(11)21-13/h3-8H,1-2H3,(H,18,20)(H,16,17,19). The van der Waals surface area contributed by atoms with Crippen molar-refractivity contribution in [1.82, 2.24) is 15.4 Å². The fourth-order valence-corrected chi connectivity index (χ4v) is 2.05. The van der Waals surface area contributed by atoms with Gasteiger partial charge in [0.25, 0.3) is 0 Å². The van der Waals surface area contributed by atoms with Gasteiger partial charge in [0.2, 0.25) is 5.95 Å². The molecule has 6 nitrogen and oxygen atoms in total. The normalized spacial score (nSPS) is 10.6. The summed E-state index contributed by atoms with van der Waals surface area (Å²) in [4.78, 5) is 20.4. The summed E-state index contributed by atoms with van der Waals surface area (Å²) in [6.45, 7) is 3.72. The molecule has 106 valence electrons. The van der Waals surface area contributed by atoms with E-state index in [0.29, 0.717) is 11.5 Å². The molecule has 0 saturated carbocycles. The third kappa shape index (κ3) is 2.84. The molecule has 21 heavy (non-hydrogen) atoms. The number of carbonyl (C=O) groups excluding carboxylic acids is 1. The minimum Gasteiger partial charge on any atom is -0.451 e. The molecule has 0 saturated heterocycles.